The first-order chi connectivity index (χ1) is 18.7. The summed E-state index contributed by atoms with van der Waals surface area (Å²) >= 11 is 0. The largest absolute Gasteiger partial charge is 0.371 e. The number of amides is 1. The van der Waals surface area contributed by atoms with Crippen LogP contribution in [0.5, 0.6) is 0 Å². The van der Waals surface area contributed by atoms with E-state index < -0.39 is 10.0 Å². The zero-order valence-electron chi connectivity index (χ0n) is 22.6. The fourth-order valence-electron chi connectivity index (χ4n) is 5.16. The van der Waals surface area contributed by atoms with Crippen LogP contribution < -0.4 is 19.8 Å². The minimum Gasteiger partial charge on any atom is -0.371 e. The molecule has 1 atom stereocenters. The quantitative estimate of drug-likeness (QED) is 0.427. The molecule has 11 nitrogen and oxygen atoms in total. The summed E-state index contributed by atoms with van der Waals surface area (Å²) in [5, 5.41) is 6.42. The maximum Gasteiger partial charge on any atom is 0.232 e. The standard InChI is InChI=1S/C27H35N7O4S/c1-17-28-25-21(29-20-11-10-19(33-12-6-13-33)15-22(20)32(2)39(3,36)37)16-23(31-27(35)18-8-9-18)30-26(25)34(17)24-7-4-5-14-38-24/h10-11,15-16,18,24H,4-9,12-14H2,1-3H3,(H2,29,30,31,35). The number of aromatic nitrogens is 3. The predicted molar refractivity (Wildman–Crippen MR) is 152 cm³/mol. The van der Waals surface area contributed by atoms with Gasteiger partial charge in [-0.2, -0.15) is 0 Å². The van der Waals surface area contributed by atoms with E-state index >= 15 is 0 Å². The third-order valence-corrected chi connectivity index (χ3v) is 8.97. The molecule has 2 aliphatic heterocycles. The number of fused-ring (bicyclic) bond motifs is 1. The molecule has 6 rings (SSSR count). The average molecular weight is 554 g/mol. The summed E-state index contributed by atoms with van der Waals surface area (Å²) in [6, 6.07) is 7.56. The smallest absolute Gasteiger partial charge is 0.232 e. The number of carbonyl (C=O) groups excluding carboxylic acids is 1. The number of hydrogen-bond donors (Lipinski definition) is 2. The van der Waals surface area contributed by atoms with E-state index in [9.17, 15) is 13.2 Å². The van der Waals surface area contributed by atoms with Gasteiger partial charge in [-0.1, -0.05) is 0 Å². The zero-order valence-corrected chi connectivity index (χ0v) is 23.4. The van der Waals surface area contributed by atoms with Crippen LogP contribution >= 0.6 is 0 Å². The van der Waals surface area contributed by atoms with Crippen LogP contribution in [0.4, 0.5) is 28.6 Å². The Balaban J connectivity index is 1.45. The number of benzene rings is 1. The van der Waals surface area contributed by atoms with Gasteiger partial charge in [0.25, 0.3) is 0 Å². The lowest BCUT2D eigenvalue weighted by Gasteiger charge is -2.34. The number of nitrogens with one attached hydrogen (secondary N) is 2. The summed E-state index contributed by atoms with van der Waals surface area (Å²) in [5.41, 5.74) is 3.99. The first-order valence-corrected chi connectivity index (χ1v) is 15.5. The van der Waals surface area contributed by atoms with Gasteiger partial charge in [0.2, 0.25) is 15.9 Å². The minimum absolute atomic E-state index is 0.0243. The van der Waals surface area contributed by atoms with Crippen molar-refractivity contribution >= 4 is 55.7 Å². The summed E-state index contributed by atoms with van der Waals surface area (Å²) in [6.45, 7) is 4.50. The first-order valence-electron chi connectivity index (χ1n) is 13.6. The first kappa shape index (κ1) is 25.9. The van der Waals surface area contributed by atoms with Gasteiger partial charge in [0.1, 0.15) is 23.4 Å². The SMILES string of the molecule is Cc1nc2c(Nc3ccc(N4CCC4)cc3N(C)S(C)(=O)=O)cc(NC(=O)C3CC3)nc2n1C1CCCCO1. The Hall–Kier alpha value is -3.38. The molecule has 3 aliphatic rings. The minimum atomic E-state index is -3.52. The van der Waals surface area contributed by atoms with Crippen molar-refractivity contribution in [2.75, 3.05) is 52.8 Å². The zero-order chi connectivity index (χ0) is 27.3. The van der Waals surface area contributed by atoms with Gasteiger partial charge in [-0.3, -0.25) is 13.7 Å². The molecule has 0 bridgehead atoms. The Morgan fingerprint density at radius 3 is 2.51 bits per heavy atom. The number of nitrogens with zero attached hydrogens (tertiary/aromatic N) is 5. The van der Waals surface area contributed by atoms with E-state index in [0.717, 1.165) is 63.1 Å². The lowest BCUT2D eigenvalue weighted by molar-refractivity contribution is -0.117. The summed E-state index contributed by atoms with van der Waals surface area (Å²) < 4.78 is 34.5. The van der Waals surface area contributed by atoms with Gasteiger partial charge in [-0.25, -0.2) is 18.4 Å². The highest BCUT2D eigenvalue weighted by Crippen LogP contribution is 2.39. The van der Waals surface area contributed by atoms with Crippen LogP contribution in [0, 0.1) is 12.8 Å². The monoisotopic (exact) mass is 553 g/mol. The Kier molecular flexibility index (Phi) is 6.62. The van der Waals surface area contributed by atoms with Crippen molar-refractivity contribution in [3.63, 3.8) is 0 Å². The number of sulfonamides is 1. The van der Waals surface area contributed by atoms with Crippen molar-refractivity contribution < 1.29 is 17.9 Å². The van der Waals surface area contributed by atoms with Crippen molar-refractivity contribution in [1.82, 2.24) is 14.5 Å². The summed E-state index contributed by atoms with van der Waals surface area (Å²) in [5.74, 6) is 1.17. The van der Waals surface area contributed by atoms with Crippen LogP contribution in [-0.2, 0) is 19.6 Å². The van der Waals surface area contributed by atoms with Gasteiger partial charge in [-0.05, 0) is 63.6 Å². The second kappa shape index (κ2) is 9.98. The highest BCUT2D eigenvalue weighted by atomic mass is 32.2. The molecule has 3 fully saturated rings. The fraction of sp³-hybridized carbons (Fsp3) is 0.519. The van der Waals surface area contributed by atoms with Crippen LogP contribution in [0.1, 0.15) is 50.6 Å². The van der Waals surface area contributed by atoms with Gasteiger partial charge >= 0.3 is 0 Å². The van der Waals surface area contributed by atoms with E-state index in [0.29, 0.717) is 40.7 Å². The van der Waals surface area contributed by atoms with E-state index in [1.165, 1.54) is 10.6 Å². The highest BCUT2D eigenvalue weighted by Gasteiger charge is 2.31. The van der Waals surface area contributed by atoms with Crippen molar-refractivity contribution in [2.24, 2.45) is 5.92 Å². The molecule has 12 heteroatoms. The van der Waals surface area contributed by atoms with Crippen molar-refractivity contribution in [3.05, 3.63) is 30.1 Å². The highest BCUT2D eigenvalue weighted by molar-refractivity contribution is 7.92. The van der Waals surface area contributed by atoms with E-state index in [-0.39, 0.29) is 18.1 Å². The lowest BCUT2D eigenvalue weighted by atomic mass is 10.1. The maximum absolute atomic E-state index is 12.7. The molecular weight excluding hydrogens is 518 g/mol. The van der Waals surface area contributed by atoms with E-state index in [4.69, 9.17) is 14.7 Å². The van der Waals surface area contributed by atoms with E-state index in [1.807, 2.05) is 29.7 Å². The third-order valence-electron chi connectivity index (χ3n) is 7.78. The molecule has 1 aliphatic carbocycles. The van der Waals surface area contributed by atoms with Gasteiger partial charge in [-0.15, -0.1) is 0 Å². The topological polar surface area (TPSA) is 122 Å². The molecule has 208 valence electrons. The number of anilines is 5. The average Bonchev–Trinajstić information content (AvgIpc) is 3.66. The fourth-order valence-corrected chi connectivity index (χ4v) is 5.67. The number of ether oxygens (including phenoxy) is 1. The molecule has 2 aromatic heterocycles. The van der Waals surface area contributed by atoms with Crippen molar-refractivity contribution in [1.29, 1.82) is 0 Å². The molecule has 1 unspecified atom stereocenters. The predicted octanol–water partition coefficient (Wildman–Crippen LogP) is 4.14. The molecule has 2 N–H and O–H groups in total. The Morgan fingerprint density at radius 1 is 1.08 bits per heavy atom. The molecule has 1 aromatic carbocycles. The maximum atomic E-state index is 12.7. The molecule has 1 amide bonds. The Morgan fingerprint density at radius 2 is 1.87 bits per heavy atom. The van der Waals surface area contributed by atoms with Gasteiger partial charge in [0.05, 0.1) is 23.3 Å². The van der Waals surface area contributed by atoms with Gasteiger partial charge < -0.3 is 20.3 Å². The summed E-state index contributed by atoms with van der Waals surface area (Å²) in [4.78, 5) is 24.5. The Bertz CT molecular complexity index is 1520. The van der Waals surface area contributed by atoms with Gasteiger partial charge in [0.15, 0.2) is 5.65 Å². The number of aryl methyl sites for hydroxylation is 1. The molecule has 2 saturated heterocycles. The lowest BCUT2D eigenvalue weighted by Crippen LogP contribution is -2.37. The summed E-state index contributed by atoms with van der Waals surface area (Å²) in [6.07, 6.45) is 6.84. The number of pyridine rings is 1. The number of imidazole rings is 1. The van der Waals surface area contributed by atoms with Crippen LogP contribution in [0.25, 0.3) is 11.2 Å². The second-order valence-corrected chi connectivity index (χ2v) is 12.8. The second-order valence-electron chi connectivity index (χ2n) is 10.7. The van der Waals surface area contributed by atoms with Gasteiger partial charge in [0, 0.05) is 44.4 Å². The third kappa shape index (κ3) is 5.14. The molecular formula is C27H35N7O4S. The van der Waals surface area contributed by atoms with E-state index in [1.54, 1.807) is 13.1 Å². The molecule has 0 spiro atoms. The number of hydrogen-bond acceptors (Lipinski definition) is 8. The van der Waals surface area contributed by atoms with Crippen LogP contribution in [-0.4, -0.2) is 61.9 Å². The van der Waals surface area contributed by atoms with Crippen molar-refractivity contribution in [3.8, 4) is 0 Å². The van der Waals surface area contributed by atoms with Crippen molar-refractivity contribution in [2.45, 2.75) is 51.7 Å². The van der Waals surface area contributed by atoms with Crippen LogP contribution in [0.3, 0.4) is 0 Å². The Labute approximate surface area is 228 Å². The number of carbonyl (C=O) groups is 1. The molecule has 4 heterocycles. The molecule has 39 heavy (non-hydrogen) atoms. The summed E-state index contributed by atoms with van der Waals surface area (Å²) in [7, 11) is -1.96. The molecule has 3 aromatic rings. The normalized spacial score (nSPS) is 19.6. The molecule has 1 saturated carbocycles. The van der Waals surface area contributed by atoms with E-state index in [2.05, 4.69) is 15.5 Å². The molecule has 0 radical (unpaired) electrons. The number of rotatable bonds is 8. The van der Waals surface area contributed by atoms with Crippen LogP contribution in [0.2, 0.25) is 0 Å². The van der Waals surface area contributed by atoms with Crippen LogP contribution in [0.15, 0.2) is 24.3 Å².